The maximum atomic E-state index is 8.75. The Morgan fingerprint density at radius 1 is 1.69 bits per heavy atom. The lowest BCUT2D eigenvalue weighted by atomic mass is 10.1. The van der Waals surface area contributed by atoms with Crippen LogP contribution in [0.15, 0.2) is 12.3 Å². The summed E-state index contributed by atoms with van der Waals surface area (Å²) in [5.74, 6) is 0. The summed E-state index contributed by atoms with van der Waals surface area (Å²) in [6.45, 7) is 0.276. The minimum Gasteiger partial charge on any atom is -0.329 e. The van der Waals surface area contributed by atoms with Crippen molar-refractivity contribution in [2.75, 3.05) is 6.54 Å². The number of rotatable bonds is 2. The molecule has 13 heavy (non-hydrogen) atoms. The highest BCUT2D eigenvalue weighted by molar-refractivity contribution is 6.29. The summed E-state index contributed by atoms with van der Waals surface area (Å²) in [6.07, 6.45) is 1.48. The summed E-state index contributed by atoms with van der Waals surface area (Å²) in [4.78, 5) is 3.84. The predicted octanol–water partition coefficient (Wildman–Crippen LogP) is 0.565. The smallest absolute Gasteiger partial charge is 0.130 e. The van der Waals surface area contributed by atoms with Gasteiger partial charge in [0.1, 0.15) is 5.15 Å². The lowest BCUT2D eigenvalue weighted by molar-refractivity contribution is 0.731. The fourth-order valence-electron chi connectivity index (χ4n) is 0.960. The van der Waals surface area contributed by atoms with Crippen LogP contribution in [0.4, 0.5) is 0 Å². The van der Waals surface area contributed by atoms with Crippen LogP contribution < -0.4 is 11.5 Å². The minimum atomic E-state index is -0.362. The number of hydrogen-bond donors (Lipinski definition) is 2. The van der Waals surface area contributed by atoms with Gasteiger partial charge in [0, 0.05) is 24.3 Å². The number of pyridine rings is 1. The highest BCUT2D eigenvalue weighted by Gasteiger charge is 2.10. The first-order valence-electron chi connectivity index (χ1n) is 3.70. The second-order valence-corrected chi connectivity index (χ2v) is 2.94. The maximum Gasteiger partial charge on any atom is 0.130 e. The summed E-state index contributed by atoms with van der Waals surface area (Å²) < 4.78 is 0. The molecule has 0 aliphatic rings. The first kappa shape index (κ1) is 9.93. The van der Waals surface area contributed by atoms with E-state index in [1.54, 1.807) is 0 Å². The number of aromatic nitrogens is 1. The van der Waals surface area contributed by atoms with Gasteiger partial charge in [-0.05, 0) is 6.07 Å². The molecule has 1 atom stereocenters. The molecule has 0 aliphatic heterocycles. The van der Waals surface area contributed by atoms with Gasteiger partial charge in [-0.1, -0.05) is 11.6 Å². The molecular formula is C8H9ClN4. The lowest BCUT2D eigenvalue weighted by Crippen LogP contribution is -2.21. The molecule has 1 rings (SSSR count). The van der Waals surface area contributed by atoms with Crippen molar-refractivity contribution in [1.29, 1.82) is 5.26 Å². The van der Waals surface area contributed by atoms with E-state index in [1.165, 1.54) is 12.3 Å². The van der Waals surface area contributed by atoms with Crippen molar-refractivity contribution < 1.29 is 0 Å². The summed E-state index contributed by atoms with van der Waals surface area (Å²) >= 11 is 5.61. The van der Waals surface area contributed by atoms with Crippen LogP contribution in [0, 0.1) is 11.3 Å². The maximum absolute atomic E-state index is 8.75. The molecule has 0 saturated heterocycles. The van der Waals surface area contributed by atoms with E-state index in [1.807, 2.05) is 6.07 Å². The molecule has 0 saturated carbocycles. The number of halogens is 1. The van der Waals surface area contributed by atoms with Gasteiger partial charge in [0.2, 0.25) is 0 Å². The third kappa shape index (κ3) is 2.16. The molecule has 0 fully saturated rings. The molecule has 0 aromatic carbocycles. The highest BCUT2D eigenvalue weighted by atomic mass is 35.5. The summed E-state index contributed by atoms with van der Waals surface area (Å²) in [5, 5.41) is 9.04. The Balaban J connectivity index is 3.15. The molecule has 0 radical (unpaired) electrons. The highest BCUT2D eigenvalue weighted by Crippen LogP contribution is 2.16. The molecule has 1 unspecified atom stereocenters. The number of nitrogens with zero attached hydrogens (tertiary/aromatic N) is 2. The minimum absolute atomic E-state index is 0.276. The summed E-state index contributed by atoms with van der Waals surface area (Å²) in [5.41, 5.74) is 12.1. The SMILES string of the molecule is N#Cc1cc(Cl)ncc1C(N)CN. The summed E-state index contributed by atoms with van der Waals surface area (Å²) in [6, 6.07) is 3.11. The standard InChI is InChI=1S/C8H9ClN4/c9-8-1-5(2-10)6(4-13-8)7(12)3-11/h1,4,7H,3,11-12H2. The van der Waals surface area contributed by atoms with Crippen LogP contribution >= 0.6 is 11.6 Å². The van der Waals surface area contributed by atoms with Crippen molar-refractivity contribution >= 4 is 11.6 Å². The van der Waals surface area contributed by atoms with Gasteiger partial charge in [0.25, 0.3) is 0 Å². The number of nitrogens with two attached hydrogens (primary N) is 2. The fourth-order valence-corrected chi connectivity index (χ4v) is 1.12. The van der Waals surface area contributed by atoms with Crippen LogP contribution in [-0.2, 0) is 0 Å². The number of hydrogen-bond acceptors (Lipinski definition) is 4. The fraction of sp³-hybridized carbons (Fsp3) is 0.250. The molecule has 4 nitrogen and oxygen atoms in total. The van der Waals surface area contributed by atoms with Gasteiger partial charge in [-0.25, -0.2) is 4.98 Å². The molecule has 1 heterocycles. The Hall–Kier alpha value is -1.15. The van der Waals surface area contributed by atoms with Crippen LogP contribution in [0.5, 0.6) is 0 Å². The van der Waals surface area contributed by atoms with Crippen molar-refractivity contribution in [3.05, 3.63) is 28.5 Å². The van der Waals surface area contributed by atoms with Crippen LogP contribution in [0.3, 0.4) is 0 Å². The van der Waals surface area contributed by atoms with Crippen molar-refractivity contribution in [3.63, 3.8) is 0 Å². The van der Waals surface area contributed by atoms with Gasteiger partial charge in [-0.15, -0.1) is 0 Å². The Morgan fingerprint density at radius 3 is 2.92 bits per heavy atom. The number of nitriles is 1. The van der Waals surface area contributed by atoms with Crippen molar-refractivity contribution in [2.24, 2.45) is 11.5 Å². The van der Waals surface area contributed by atoms with E-state index in [0.717, 1.165) is 0 Å². The molecule has 0 spiro atoms. The van der Waals surface area contributed by atoms with Crippen LogP contribution in [0.2, 0.25) is 5.15 Å². The van der Waals surface area contributed by atoms with Crippen molar-refractivity contribution in [1.82, 2.24) is 4.98 Å². The molecular weight excluding hydrogens is 188 g/mol. The average Bonchev–Trinajstić information content (AvgIpc) is 2.16. The van der Waals surface area contributed by atoms with Gasteiger partial charge in [-0.2, -0.15) is 5.26 Å². The topological polar surface area (TPSA) is 88.7 Å². The van der Waals surface area contributed by atoms with Gasteiger partial charge < -0.3 is 11.5 Å². The zero-order valence-corrected chi connectivity index (χ0v) is 7.62. The molecule has 5 heteroatoms. The predicted molar refractivity (Wildman–Crippen MR) is 49.9 cm³/mol. The first-order chi connectivity index (χ1) is 6.19. The molecule has 0 aliphatic carbocycles. The zero-order valence-electron chi connectivity index (χ0n) is 6.87. The van der Waals surface area contributed by atoms with E-state index < -0.39 is 0 Å². The third-order valence-electron chi connectivity index (χ3n) is 1.68. The molecule has 0 amide bonds. The van der Waals surface area contributed by atoms with E-state index in [0.29, 0.717) is 11.1 Å². The Kier molecular flexibility index (Phi) is 3.20. The normalized spacial score (nSPS) is 12.2. The van der Waals surface area contributed by atoms with Gasteiger partial charge in [0.05, 0.1) is 11.6 Å². The van der Waals surface area contributed by atoms with Crippen LogP contribution in [-0.4, -0.2) is 11.5 Å². The Labute approximate surface area is 81.1 Å². The second-order valence-electron chi connectivity index (χ2n) is 2.55. The van der Waals surface area contributed by atoms with E-state index in [2.05, 4.69) is 4.98 Å². The second kappa shape index (κ2) is 4.19. The summed E-state index contributed by atoms with van der Waals surface area (Å²) in [7, 11) is 0. The van der Waals surface area contributed by atoms with Crippen molar-refractivity contribution in [3.8, 4) is 6.07 Å². The first-order valence-corrected chi connectivity index (χ1v) is 4.08. The zero-order chi connectivity index (χ0) is 9.84. The third-order valence-corrected chi connectivity index (χ3v) is 1.88. The largest absolute Gasteiger partial charge is 0.329 e. The lowest BCUT2D eigenvalue weighted by Gasteiger charge is -2.09. The average molecular weight is 197 g/mol. The van der Waals surface area contributed by atoms with Crippen molar-refractivity contribution in [2.45, 2.75) is 6.04 Å². The molecule has 4 N–H and O–H groups in total. The Morgan fingerprint density at radius 2 is 2.38 bits per heavy atom. The molecule has 1 aromatic heterocycles. The van der Waals surface area contributed by atoms with Crippen LogP contribution in [0.1, 0.15) is 17.2 Å². The van der Waals surface area contributed by atoms with E-state index in [4.69, 9.17) is 28.3 Å². The molecule has 68 valence electrons. The quantitative estimate of drug-likeness (QED) is 0.677. The molecule has 0 bridgehead atoms. The van der Waals surface area contributed by atoms with Gasteiger partial charge >= 0.3 is 0 Å². The molecule has 1 aromatic rings. The van der Waals surface area contributed by atoms with Crippen LogP contribution in [0.25, 0.3) is 0 Å². The van der Waals surface area contributed by atoms with E-state index >= 15 is 0 Å². The van der Waals surface area contributed by atoms with Gasteiger partial charge in [0.15, 0.2) is 0 Å². The van der Waals surface area contributed by atoms with Gasteiger partial charge in [-0.3, -0.25) is 0 Å². The Bertz CT molecular complexity index is 344. The van der Waals surface area contributed by atoms with E-state index in [-0.39, 0.29) is 17.7 Å². The monoisotopic (exact) mass is 196 g/mol. The van der Waals surface area contributed by atoms with E-state index in [9.17, 15) is 0 Å².